The molecule has 19 heavy (non-hydrogen) atoms. The third kappa shape index (κ3) is 2.42. The van der Waals surface area contributed by atoms with Crippen LogP contribution < -0.4 is 5.73 Å². The maximum Gasteiger partial charge on any atom is 0.164 e. The average molecular weight is 267 g/mol. The molecule has 0 unspecified atom stereocenters. The van der Waals surface area contributed by atoms with Gasteiger partial charge in [-0.2, -0.15) is 5.26 Å². The third-order valence-corrected chi connectivity index (χ3v) is 4.23. The molecule has 0 fully saturated rings. The van der Waals surface area contributed by atoms with E-state index in [1.165, 1.54) is 35.3 Å². The van der Waals surface area contributed by atoms with Crippen molar-refractivity contribution in [2.24, 2.45) is 0 Å². The predicted molar refractivity (Wildman–Crippen MR) is 76.0 cm³/mol. The molecule has 2 aromatic rings. The van der Waals surface area contributed by atoms with E-state index < -0.39 is 0 Å². The molecule has 0 saturated carbocycles. The highest BCUT2D eigenvalue weighted by Crippen LogP contribution is 2.31. The molecule has 0 aliphatic heterocycles. The van der Waals surface area contributed by atoms with Gasteiger partial charge in [-0.05, 0) is 54.7 Å². The van der Waals surface area contributed by atoms with Gasteiger partial charge in [0.05, 0.1) is 5.69 Å². The van der Waals surface area contributed by atoms with Gasteiger partial charge in [-0.1, -0.05) is 17.8 Å². The lowest BCUT2D eigenvalue weighted by Gasteiger charge is -2.05. The molecule has 1 aromatic carbocycles. The first-order chi connectivity index (χ1) is 9.26. The van der Waals surface area contributed by atoms with Gasteiger partial charge in [0.2, 0.25) is 0 Å². The number of nitriles is 1. The van der Waals surface area contributed by atoms with Gasteiger partial charge in [0.25, 0.3) is 0 Å². The molecule has 0 spiro atoms. The molecule has 4 heteroatoms. The zero-order chi connectivity index (χ0) is 13.2. The normalized spacial score (nSPS) is 13.0. The number of benzene rings is 1. The van der Waals surface area contributed by atoms with Crippen LogP contribution in [-0.4, -0.2) is 4.98 Å². The maximum absolute atomic E-state index is 8.93. The Morgan fingerprint density at radius 2 is 2.00 bits per heavy atom. The van der Waals surface area contributed by atoms with E-state index in [9.17, 15) is 0 Å². The summed E-state index contributed by atoms with van der Waals surface area (Å²) in [7, 11) is 0. The van der Waals surface area contributed by atoms with Gasteiger partial charge in [0.15, 0.2) is 5.69 Å². The fraction of sp³-hybridized carbons (Fsp3) is 0.200. The van der Waals surface area contributed by atoms with Crippen LogP contribution in [0.15, 0.2) is 40.3 Å². The molecule has 0 atom stereocenters. The molecule has 0 bridgehead atoms. The van der Waals surface area contributed by atoms with Crippen LogP contribution in [0.5, 0.6) is 0 Å². The smallest absolute Gasteiger partial charge is 0.164 e. The van der Waals surface area contributed by atoms with Crippen molar-refractivity contribution in [1.29, 1.82) is 5.26 Å². The minimum atomic E-state index is 0.297. The largest absolute Gasteiger partial charge is 0.396 e. The first kappa shape index (κ1) is 12.1. The summed E-state index contributed by atoms with van der Waals surface area (Å²) < 4.78 is 0. The van der Waals surface area contributed by atoms with Gasteiger partial charge in [-0.15, -0.1) is 0 Å². The number of hydrogen-bond acceptors (Lipinski definition) is 4. The van der Waals surface area contributed by atoms with Crippen LogP contribution in [0.4, 0.5) is 5.69 Å². The lowest BCUT2D eigenvalue weighted by Crippen LogP contribution is -1.94. The first-order valence-electron chi connectivity index (χ1n) is 6.22. The number of nitrogens with zero attached hydrogens (tertiary/aromatic N) is 2. The Hall–Kier alpha value is -1.99. The molecule has 1 aromatic heterocycles. The Labute approximate surface area is 116 Å². The summed E-state index contributed by atoms with van der Waals surface area (Å²) in [6.07, 6.45) is 3.61. The molecule has 0 radical (unpaired) electrons. The molecular weight excluding hydrogens is 254 g/mol. The molecule has 0 saturated heterocycles. The van der Waals surface area contributed by atoms with Crippen LogP contribution in [0, 0.1) is 11.3 Å². The number of hydrogen-bond donors (Lipinski definition) is 1. The number of nitrogen functional groups attached to an aromatic ring is 1. The van der Waals surface area contributed by atoms with Crippen LogP contribution >= 0.6 is 11.8 Å². The summed E-state index contributed by atoms with van der Waals surface area (Å²) in [4.78, 5) is 5.42. The molecule has 3 nitrogen and oxygen atoms in total. The van der Waals surface area contributed by atoms with Crippen LogP contribution in [-0.2, 0) is 12.8 Å². The summed E-state index contributed by atoms with van der Waals surface area (Å²) in [5, 5.41) is 9.74. The van der Waals surface area contributed by atoms with Gasteiger partial charge < -0.3 is 5.73 Å². The van der Waals surface area contributed by atoms with Crippen LogP contribution in [0.25, 0.3) is 0 Å². The second-order valence-electron chi connectivity index (χ2n) is 4.59. The van der Waals surface area contributed by atoms with E-state index in [1.54, 1.807) is 17.8 Å². The summed E-state index contributed by atoms with van der Waals surface area (Å²) in [6, 6.07) is 12.2. The first-order valence-corrected chi connectivity index (χ1v) is 7.04. The minimum absolute atomic E-state index is 0.297. The zero-order valence-electron chi connectivity index (χ0n) is 10.4. The molecule has 1 heterocycles. The highest BCUT2D eigenvalue weighted by atomic mass is 32.2. The summed E-state index contributed by atoms with van der Waals surface area (Å²) >= 11 is 1.57. The van der Waals surface area contributed by atoms with Crippen molar-refractivity contribution in [2.45, 2.75) is 29.2 Å². The Bertz CT molecular complexity index is 674. The lowest BCUT2D eigenvalue weighted by atomic mass is 10.1. The molecule has 1 aliphatic rings. The Morgan fingerprint density at radius 1 is 1.16 bits per heavy atom. The number of aryl methyl sites for hydroxylation is 2. The predicted octanol–water partition coefficient (Wildman–Crippen LogP) is 3.18. The SMILES string of the molecule is N#Cc1nc(Sc2ccc3c(c2)CCC3)ccc1N. The zero-order valence-corrected chi connectivity index (χ0v) is 11.2. The number of aromatic nitrogens is 1. The van der Waals surface area contributed by atoms with Crippen LogP contribution in [0.1, 0.15) is 23.2 Å². The quantitative estimate of drug-likeness (QED) is 0.907. The topological polar surface area (TPSA) is 62.7 Å². The minimum Gasteiger partial charge on any atom is -0.396 e. The number of anilines is 1. The second-order valence-corrected chi connectivity index (χ2v) is 5.68. The van der Waals surface area contributed by atoms with E-state index in [0.717, 1.165) is 5.03 Å². The fourth-order valence-electron chi connectivity index (χ4n) is 2.33. The molecule has 94 valence electrons. The maximum atomic E-state index is 8.93. The lowest BCUT2D eigenvalue weighted by molar-refractivity contribution is 0.911. The van der Waals surface area contributed by atoms with E-state index >= 15 is 0 Å². The van der Waals surface area contributed by atoms with Gasteiger partial charge in [-0.25, -0.2) is 4.98 Å². The molecular formula is C15H13N3S. The Kier molecular flexibility index (Phi) is 3.14. The molecule has 0 amide bonds. The van der Waals surface area contributed by atoms with E-state index in [1.807, 2.05) is 12.1 Å². The van der Waals surface area contributed by atoms with Crippen molar-refractivity contribution in [1.82, 2.24) is 4.98 Å². The molecule has 1 aliphatic carbocycles. The van der Waals surface area contributed by atoms with Crippen LogP contribution in [0.3, 0.4) is 0 Å². The standard InChI is InChI=1S/C15H13N3S/c16-9-14-13(17)6-7-15(18-14)19-12-5-4-10-2-1-3-11(10)8-12/h4-8H,1-3,17H2. The van der Waals surface area contributed by atoms with Crippen molar-refractivity contribution in [3.63, 3.8) is 0 Å². The second kappa shape index (κ2) is 4.94. The summed E-state index contributed by atoms with van der Waals surface area (Å²) in [6.45, 7) is 0. The fourth-order valence-corrected chi connectivity index (χ4v) is 3.18. The molecule has 3 rings (SSSR count). The van der Waals surface area contributed by atoms with Gasteiger partial charge in [0.1, 0.15) is 11.1 Å². The van der Waals surface area contributed by atoms with Crippen molar-refractivity contribution in [3.05, 3.63) is 47.2 Å². The van der Waals surface area contributed by atoms with Crippen molar-refractivity contribution in [2.75, 3.05) is 5.73 Å². The third-order valence-electron chi connectivity index (χ3n) is 3.30. The van der Waals surface area contributed by atoms with Gasteiger partial charge in [0, 0.05) is 4.90 Å². The number of nitrogens with two attached hydrogens (primary N) is 1. The number of rotatable bonds is 2. The van der Waals surface area contributed by atoms with Gasteiger partial charge >= 0.3 is 0 Å². The van der Waals surface area contributed by atoms with E-state index in [4.69, 9.17) is 11.0 Å². The van der Waals surface area contributed by atoms with Crippen LogP contribution in [0.2, 0.25) is 0 Å². The monoisotopic (exact) mass is 267 g/mol. The van der Waals surface area contributed by atoms with Crippen molar-refractivity contribution >= 4 is 17.4 Å². The van der Waals surface area contributed by atoms with E-state index in [0.29, 0.717) is 11.4 Å². The van der Waals surface area contributed by atoms with E-state index in [2.05, 4.69) is 23.2 Å². The summed E-state index contributed by atoms with van der Waals surface area (Å²) in [5.41, 5.74) is 9.31. The Morgan fingerprint density at radius 3 is 2.84 bits per heavy atom. The summed E-state index contributed by atoms with van der Waals surface area (Å²) in [5.74, 6) is 0. The Balaban J connectivity index is 1.87. The number of pyridine rings is 1. The number of fused-ring (bicyclic) bond motifs is 1. The van der Waals surface area contributed by atoms with E-state index in [-0.39, 0.29) is 0 Å². The van der Waals surface area contributed by atoms with Crippen molar-refractivity contribution in [3.8, 4) is 6.07 Å². The van der Waals surface area contributed by atoms with Crippen molar-refractivity contribution < 1.29 is 0 Å². The highest BCUT2D eigenvalue weighted by molar-refractivity contribution is 7.99. The highest BCUT2D eigenvalue weighted by Gasteiger charge is 2.11. The van der Waals surface area contributed by atoms with Gasteiger partial charge in [-0.3, -0.25) is 0 Å². The average Bonchev–Trinajstić information content (AvgIpc) is 2.88. The molecule has 2 N–H and O–H groups in total.